The van der Waals surface area contributed by atoms with Gasteiger partial charge in [-0.1, -0.05) is 0 Å². The van der Waals surface area contributed by atoms with Crippen LogP contribution in [0.5, 0.6) is 0 Å². The number of aromatic nitrogens is 4. The molecule has 3 aromatic rings. The lowest BCUT2D eigenvalue weighted by Crippen LogP contribution is -2.03. The van der Waals surface area contributed by atoms with Gasteiger partial charge in [0.25, 0.3) is 0 Å². The van der Waals surface area contributed by atoms with Crippen LogP contribution in [0.1, 0.15) is 18.1 Å². The molecule has 1 atom stereocenters. The monoisotopic (exact) mass is 404 g/mol. The summed E-state index contributed by atoms with van der Waals surface area (Å²) < 4.78 is 17.9. The molecule has 1 unspecified atom stereocenters. The largest absolute Gasteiger partial charge is 0.277 e. The molecule has 0 aliphatic carbocycles. The number of fused-ring (bicyclic) bond motifs is 1. The number of nitrogens with zero attached hydrogens (tertiary/aromatic N) is 4. The van der Waals surface area contributed by atoms with Gasteiger partial charge in [-0.3, -0.25) is 9.25 Å². The smallest absolute Gasteiger partial charge is 0.160 e. The van der Waals surface area contributed by atoms with Crippen LogP contribution in [-0.4, -0.2) is 19.3 Å². The second kappa shape index (κ2) is 5.00. The molecule has 3 rings (SSSR count). The summed E-state index contributed by atoms with van der Waals surface area (Å²) in [6.07, 6.45) is 1.83. The van der Waals surface area contributed by atoms with Crippen molar-refractivity contribution in [3.05, 3.63) is 39.6 Å². The van der Waals surface area contributed by atoms with E-state index in [1.165, 1.54) is 6.07 Å². The van der Waals surface area contributed by atoms with E-state index in [4.69, 9.17) is 11.6 Å². The van der Waals surface area contributed by atoms with Gasteiger partial charge >= 0.3 is 0 Å². The maximum absolute atomic E-state index is 13.9. The molecule has 104 valence electrons. The second-order valence-electron chi connectivity index (χ2n) is 4.52. The predicted octanol–water partition coefficient (Wildman–Crippen LogP) is 3.80. The Morgan fingerprint density at radius 1 is 1.40 bits per heavy atom. The molecule has 0 fully saturated rings. The second-order valence-corrected chi connectivity index (χ2v) is 6.34. The molecule has 0 radical (unpaired) electrons. The molecule has 0 bridgehead atoms. The molecule has 2 heterocycles. The van der Waals surface area contributed by atoms with Crippen molar-refractivity contribution in [3.63, 3.8) is 0 Å². The van der Waals surface area contributed by atoms with E-state index < -0.39 is 0 Å². The Balaban J connectivity index is 2.37. The van der Waals surface area contributed by atoms with Crippen molar-refractivity contribution in [3.8, 4) is 5.82 Å². The van der Waals surface area contributed by atoms with Gasteiger partial charge < -0.3 is 0 Å². The fourth-order valence-corrected chi connectivity index (χ4v) is 2.72. The Morgan fingerprint density at radius 2 is 2.15 bits per heavy atom. The van der Waals surface area contributed by atoms with Crippen molar-refractivity contribution < 1.29 is 4.39 Å². The van der Waals surface area contributed by atoms with E-state index in [0.29, 0.717) is 26.2 Å². The first-order valence-electron chi connectivity index (χ1n) is 5.99. The molecule has 7 heteroatoms. The maximum atomic E-state index is 13.9. The summed E-state index contributed by atoms with van der Waals surface area (Å²) in [5, 5.41) is 4.05. The molecule has 20 heavy (non-hydrogen) atoms. The van der Waals surface area contributed by atoms with Crippen molar-refractivity contribution >= 4 is 45.2 Å². The third kappa shape index (κ3) is 2.20. The van der Waals surface area contributed by atoms with Crippen molar-refractivity contribution in [2.75, 3.05) is 0 Å². The highest BCUT2D eigenvalue weighted by Crippen LogP contribution is 2.29. The van der Waals surface area contributed by atoms with Gasteiger partial charge in [-0.05, 0) is 35.6 Å². The molecule has 4 nitrogen and oxygen atoms in total. The highest BCUT2D eigenvalue weighted by Gasteiger charge is 2.19. The quantitative estimate of drug-likeness (QED) is 0.481. The SMILES string of the molecule is CC(Cl)c1nc2cc(I)c(F)cc2n1-c1ccn(C)n1. The summed E-state index contributed by atoms with van der Waals surface area (Å²) in [4.78, 5) is 4.51. The van der Waals surface area contributed by atoms with Crippen LogP contribution < -0.4 is 0 Å². The Hall–Kier alpha value is -1.15. The number of hydrogen-bond donors (Lipinski definition) is 0. The van der Waals surface area contributed by atoms with Crippen LogP contribution in [0.3, 0.4) is 0 Å². The predicted molar refractivity (Wildman–Crippen MR) is 84.8 cm³/mol. The van der Waals surface area contributed by atoms with Gasteiger partial charge in [0.15, 0.2) is 5.82 Å². The van der Waals surface area contributed by atoms with Crippen LogP contribution >= 0.6 is 34.2 Å². The minimum absolute atomic E-state index is 0.274. The fourth-order valence-electron chi connectivity index (χ4n) is 2.12. The average molecular weight is 405 g/mol. The minimum Gasteiger partial charge on any atom is -0.277 e. The zero-order valence-corrected chi connectivity index (χ0v) is 13.7. The van der Waals surface area contributed by atoms with Gasteiger partial charge in [0, 0.05) is 25.4 Å². The summed E-state index contributed by atoms with van der Waals surface area (Å²) >= 11 is 8.16. The van der Waals surface area contributed by atoms with E-state index in [1.807, 2.05) is 48.8 Å². The number of hydrogen-bond acceptors (Lipinski definition) is 2. The molecule has 0 saturated carbocycles. The lowest BCUT2D eigenvalue weighted by atomic mass is 10.3. The fraction of sp³-hybridized carbons (Fsp3) is 0.231. The zero-order chi connectivity index (χ0) is 14.4. The molecule has 0 aliphatic heterocycles. The summed E-state index contributed by atoms with van der Waals surface area (Å²) in [5.41, 5.74) is 1.38. The molecule has 0 aliphatic rings. The van der Waals surface area contributed by atoms with Crippen molar-refractivity contribution in [1.29, 1.82) is 0 Å². The highest BCUT2D eigenvalue weighted by atomic mass is 127. The Kier molecular flexibility index (Phi) is 3.45. The normalized spacial score (nSPS) is 13.1. The number of rotatable bonds is 2. The standard InChI is InChI=1S/C13H11ClFIN4/c1-7(14)13-17-10-6-9(16)8(15)5-11(10)20(13)12-3-4-19(2)18-12/h3-7H,1-2H3. The summed E-state index contributed by atoms with van der Waals surface area (Å²) in [6.45, 7) is 1.84. The van der Waals surface area contributed by atoms with E-state index in [-0.39, 0.29) is 11.2 Å². The number of halogens is 3. The molecule has 0 spiro atoms. The van der Waals surface area contributed by atoms with E-state index in [2.05, 4.69) is 10.1 Å². The van der Waals surface area contributed by atoms with Gasteiger partial charge in [-0.15, -0.1) is 11.6 Å². The van der Waals surface area contributed by atoms with Gasteiger partial charge in [-0.2, -0.15) is 5.10 Å². The summed E-state index contributed by atoms with van der Waals surface area (Å²) in [6, 6.07) is 5.04. The topological polar surface area (TPSA) is 35.6 Å². The van der Waals surface area contributed by atoms with Gasteiger partial charge in [0.1, 0.15) is 11.6 Å². The number of benzene rings is 1. The maximum Gasteiger partial charge on any atom is 0.160 e. The molecular weight excluding hydrogens is 394 g/mol. The third-order valence-corrected chi connectivity index (χ3v) is 4.03. The zero-order valence-electron chi connectivity index (χ0n) is 10.8. The Labute approximate surface area is 133 Å². The Bertz CT molecular complexity index is 793. The Morgan fingerprint density at radius 3 is 2.75 bits per heavy atom. The highest BCUT2D eigenvalue weighted by molar-refractivity contribution is 14.1. The molecular formula is C13H11ClFIN4. The van der Waals surface area contributed by atoms with Gasteiger partial charge in [-0.25, -0.2) is 9.37 Å². The molecule has 2 aromatic heterocycles. The van der Waals surface area contributed by atoms with Crippen LogP contribution in [-0.2, 0) is 7.05 Å². The van der Waals surface area contributed by atoms with Crippen molar-refractivity contribution in [2.45, 2.75) is 12.3 Å². The van der Waals surface area contributed by atoms with E-state index in [9.17, 15) is 4.39 Å². The van der Waals surface area contributed by atoms with E-state index in [0.717, 1.165) is 0 Å². The van der Waals surface area contributed by atoms with Crippen LogP contribution in [0, 0.1) is 9.39 Å². The van der Waals surface area contributed by atoms with Crippen LogP contribution in [0.25, 0.3) is 16.9 Å². The van der Waals surface area contributed by atoms with E-state index >= 15 is 0 Å². The third-order valence-electron chi connectivity index (χ3n) is 3.01. The van der Waals surface area contributed by atoms with Crippen molar-refractivity contribution in [1.82, 2.24) is 19.3 Å². The minimum atomic E-state index is -0.301. The number of aryl methyl sites for hydroxylation is 1. The van der Waals surface area contributed by atoms with Gasteiger partial charge in [0.05, 0.1) is 20.0 Å². The lowest BCUT2D eigenvalue weighted by molar-refractivity contribution is 0.621. The lowest BCUT2D eigenvalue weighted by Gasteiger charge is -2.07. The molecule has 0 N–H and O–H groups in total. The number of alkyl halides is 1. The summed E-state index contributed by atoms with van der Waals surface area (Å²) in [7, 11) is 1.83. The number of imidazole rings is 1. The first-order valence-corrected chi connectivity index (χ1v) is 7.50. The van der Waals surface area contributed by atoms with Crippen molar-refractivity contribution in [2.24, 2.45) is 7.05 Å². The van der Waals surface area contributed by atoms with Crippen LogP contribution in [0.15, 0.2) is 24.4 Å². The van der Waals surface area contributed by atoms with Crippen LogP contribution in [0.2, 0.25) is 0 Å². The molecule has 1 aromatic carbocycles. The average Bonchev–Trinajstić information content (AvgIpc) is 2.94. The first-order chi connectivity index (χ1) is 9.47. The van der Waals surface area contributed by atoms with Gasteiger partial charge in [0.2, 0.25) is 0 Å². The first kappa shape index (κ1) is 13.8. The molecule has 0 saturated heterocycles. The van der Waals surface area contributed by atoms with Crippen LogP contribution in [0.4, 0.5) is 4.39 Å². The van der Waals surface area contributed by atoms with E-state index in [1.54, 1.807) is 15.3 Å². The molecule has 0 amide bonds. The summed E-state index contributed by atoms with van der Waals surface area (Å²) in [5.74, 6) is 1.06.